The van der Waals surface area contributed by atoms with Crippen LogP contribution in [0.3, 0.4) is 0 Å². The van der Waals surface area contributed by atoms with Gasteiger partial charge in [0.15, 0.2) is 0 Å². The molecule has 1 aliphatic rings. The number of hydrogen-bond donors (Lipinski definition) is 2. The van der Waals surface area contributed by atoms with E-state index in [1.807, 2.05) is 0 Å². The lowest BCUT2D eigenvalue weighted by Gasteiger charge is -2.21. The first-order chi connectivity index (χ1) is 16.3. The number of methoxy groups -OCH3 is 1. The number of nitrogens with one attached hydrogen (secondary N) is 2. The van der Waals surface area contributed by atoms with E-state index in [1.165, 1.54) is 6.21 Å². The molecule has 8 nitrogen and oxygen atoms in total. The zero-order valence-corrected chi connectivity index (χ0v) is 19.2. The van der Waals surface area contributed by atoms with Crippen LogP contribution in [0.25, 0.3) is 0 Å². The zero-order valence-electron chi connectivity index (χ0n) is 18.4. The lowest BCUT2D eigenvalue weighted by atomic mass is 9.92. The molecule has 2 N–H and O–H groups in total. The van der Waals surface area contributed by atoms with Gasteiger partial charge in [0.05, 0.1) is 23.9 Å². The SMILES string of the molecule is COc1ccc(C2(C)NC(=O)N(/N=C/c3cccc(NC(=O)c4ccccc4Cl)c3)C2=O)cc1. The molecule has 0 radical (unpaired) electrons. The molecular weight excluding hydrogens is 456 g/mol. The van der Waals surface area contributed by atoms with Crippen molar-refractivity contribution in [2.45, 2.75) is 12.5 Å². The number of ether oxygens (including phenoxy) is 1. The van der Waals surface area contributed by atoms with E-state index in [0.29, 0.717) is 33.1 Å². The minimum atomic E-state index is -1.26. The van der Waals surface area contributed by atoms with Crippen molar-refractivity contribution in [3.05, 3.63) is 94.5 Å². The molecule has 1 aliphatic heterocycles. The maximum absolute atomic E-state index is 13.0. The lowest BCUT2D eigenvalue weighted by Crippen LogP contribution is -2.40. The van der Waals surface area contributed by atoms with Crippen molar-refractivity contribution < 1.29 is 19.1 Å². The molecule has 1 fully saturated rings. The smallest absolute Gasteiger partial charge is 0.346 e. The summed E-state index contributed by atoms with van der Waals surface area (Å²) < 4.78 is 5.15. The first kappa shape index (κ1) is 23.0. The van der Waals surface area contributed by atoms with Gasteiger partial charge in [0.25, 0.3) is 11.8 Å². The predicted molar refractivity (Wildman–Crippen MR) is 129 cm³/mol. The van der Waals surface area contributed by atoms with E-state index in [4.69, 9.17) is 16.3 Å². The fraction of sp³-hybridized carbons (Fsp3) is 0.120. The van der Waals surface area contributed by atoms with Crippen LogP contribution in [0.2, 0.25) is 5.02 Å². The summed E-state index contributed by atoms with van der Waals surface area (Å²) in [5, 5.41) is 10.7. The van der Waals surface area contributed by atoms with E-state index in [2.05, 4.69) is 15.7 Å². The number of hydrazone groups is 1. The van der Waals surface area contributed by atoms with Crippen LogP contribution in [0.15, 0.2) is 77.9 Å². The number of carbonyl (C=O) groups excluding carboxylic acids is 3. The van der Waals surface area contributed by atoms with Crippen LogP contribution in [0.5, 0.6) is 5.75 Å². The van der Waals surface area contributed by atoms with E-state index in [9.17, 15) is 14.4 Å². The van der Waals surface area contributed by atoms with E-state index in [1.54, 1.807) is 86.8 Å². The molecular formula is C25H21ClN4O4. The summed E-state index contributed by atoms with van der Waals surface area (Å²) in [6.07, 6.45) is 1.38. The molecule has 1 atom stereocenters. The number of imide groups is 1. The van der Waals surface area contributed by atoms with Gasteiger partial charge in [0.2, 0.25) is 0 Å². The summed E-state index contributed by atoms with van der Waals surface area (Å²) in [7, 11) is 1.55. The highest BCUT2D eigenvalue weighted by Crippen LogP contribution is 2.30. The minimum Gasteiger partial charge on any atom is -0.497 e. The molecule has 1 heterocycles. The average Bonchev–Trinajstić information content (AvgIpc) is 3.06. The first-order valence-corrected chi connectivity index (χ1v) is 10.7. The van der Waals surface area contributed by atoms with Crippen LogP contribution in [0.1, 0.15) is 28.4 Å². The Bertz CT molecular complexity index is 1290. The van der Waals surface area contributed by atoms with Crippen LogP contribution >= 0.6 is 11.6 Å². The Morgan fingerprint density at radius 1 is 1.09 bits per heavy atom. The number of urea groups is 1. The van der Waals surface area contributed by atoms with Gasteiger partial charge in [0, 0.05) is 5.69 Å². The lowest BCUT2D eigenvalue weighted by molar-refractivity contribution is -0.131. The highest BCUT2D eigenvalue weighted by molar-refractivity contribution is 6.34. The van der Waals surface area contributed by atoms with Crippen LogP contribution in [-0.2, 0) is 10.3 Å². The van der Waals surface area contributed by atoms with Gasteiger partial charge in [-0.3, -0.25) is 9.59 Å². The Kier molecular flexibility index (Phi) is 6.34. The van der Waals surface area contributed by atoms with Crippen molar-refractivity contribution in [3.63, 3.8) is 0 Å². The second-order valence-electron chi connectivity index (χ2n) is 7.70. The monoisotopic (exact) mass is 476 g/mol. The van der Waals surface area contributed by atoms with Crippen molar-refractivity contribution in [1.29, 1.82) is 0 Å². The number of amides is 4. The molecule has 0 saturated carbocycles. The van der Waals surface area contributed by atoms with E-state index >= 15 is 0 Å². The molecule has 4 rings (SSSR count). The fourth-order valence-electron chi connectivity index (χ4n) is 3.51. The molecule has 34 heavy (non-hydrogen) atoms. The van der Waals surface area contributed by atoms with Gasteiger partial charge >= 0.3 is 6.03 Å². The number of hydrogen-bond acceptors (Lipinski definition) is 5. The maximum Gasteiger partial charge on any atom is 0.346 e. The first-order valence-electron chi connectivity index (χ1n) is 10.3. The molecule has 9 heteroatoms. The summed E-state index contributed by atoms with van der Waals surface area (Å²) in [5.74, 6) is -0.230. The third kappa shape index (κ3) is 4.49. The molecule has 0 bridgehead atoms. The normalized spacial score (nSPS) is 17.7. The predicted octanol–water partition coefficient (Wildman–Crippen LogP) is 4.40. The Hall–Kier alpha value is -4.17. The zero-order chi connectivity index (χ0) is 24.3. The highest BCUT2D eigenvalue weighted by atomic mass is 35.5. The van der Waals surface area contributed by atoms with E-state index in [-0.39, 0.29) is 5.91 Å². The number of rotatable bonds is 6. The maximum atomic E-state index is 13.0. The molecule has 172 valence electrons. The Balaban J connectivity index is 1.50. The number of benzene rings is 3. The van der Waals surface area contributed by atoms with Gasteiger partial charge in [-0.1, -0.05) is 48.0 Å². The fourth-order valence-corrected chi connectivity index (χ4v) is 3.74. The summed E-state index contributed by atoms with van der Waals surface area (Å²) in [6.45, 7) is 1.62. The molecule has 3 aromatic carbocycles. The van der Waals surface area contributed by atoms with Crippen LogP contribution in [0.4, 0.5) is 10.5 Å². The quantitative estimate of drug-likeness (QED) is 0.406. The van der Waals surface area contributed by atoms with Crippen LogP contribution < -0.4 is 15.4 Å². The molecule has 0 aromatic heterocycles. The third-order valence-electron chi connectivity index (χ3n) is 5.42. The summed E-state index contributed by atoms with van der Waals surface area (Å²) in [5.41, 5.74) is 0.782. The van der Waals surface area contributed by atoms with Crippen molar-refractivity contribution in [1.82, 2.24) is 10.3 Å². The largest absolute Gasteiger partial charge is 0.497 e. The van der Waals surface area contributed by atoms with Gasteiger partial charge in [-0.2, -0.15) is 5.10 Å². The summed E-state index contributed by atoms with van der Waals surface area (Å²) in [6, 6.07) is 19.8. The van der Waals surface area contributed by atoms with E-state index < -0.39 is 17.5 Å². The van der Waals surface area contributed by atoms with Gasteiger partial charge in [0.1, 0.15) is 11.3 Å². The minimum absolute atomic E-state index is 0.344. The van der Waals surface area contributed by atoms with Gasteiger partial charge in [-0.05, 0) is 54.4 Å². The Labute approximate surface area is 201 Å². The molecule has 1 unspecified atom stereocenters. The second kappa shape index (κ2) is 9.36. The number of nitrogens with zero attached hydrogens (tertiary/aromatic N) is 2. The van der Waals surface area contributed by atoms with Crippen LogP contribution in [0, 0.1) is 0 Å². The summed E-state index contributed by atoms with van der Waals surface area (Å²) in [4.78, 5) is 38.1. The molecule has 1 saturated heterocycles. The third-order valence-corrected chi connectivity index (χ3v) is 5.75. The Morgan fingerprint density at radius 3 is 2.53 bits per heavy atom. The van der Waals surface area contributed by atoms with Crippen molar-refractivity contribution in [2.24, 2.45) is 5.10 Å². The number of halogens is 1. The second-order valence-corrected chi connectivity index (χ2v) is 8.11. The average molecular weight is 477 g/mol. The molecule has 4 amide bonds. The molecule has 0 spiro atoms. The molecule has 3 aromatic rings. The molecule has 0 aliphatic carbocycles. The van der Waals surface area contributed by atoms with E-state index in [0.717, 1.165) is 5.01 Å². The summed E-state index contributed by atoms with van der Waals surface area (Å²) >= 11 is 6.09. The van der Waals surface area contributed by atoms with Crippen molar-refractivity contribution in [2.75, 3.05) is 12.4 Å². The standard InChI is InChI=1S/C25H21ClN4O4/c1-25(17-10-12-19(34-2)13-11-17)23(32)30(24(33)29-25)27-15-16-6-5-7-18(14-16)28-22(31)20-8-3-4-9-21(20)26/h3-15H,1-2H3,(H,28,31)(H,29,33)/b27-15+. The topological polar surface area (TPSA) is 100 Å². The Morgan fingerprint density at radius 2 is 1.82 bits per heavy atom. The van der Waals surface area contributed by atoms with Crippen molar-refractivity contribution >= 4 is 41.3 Å². The number of anilines is 1. The van der Waals surface area contributed by atoms with Gasteiger partial charge in [-0.15, -0.1) is 5.01 Å². The van der Waals surface area contributed by atoms with Crippen molar-refractivity contribution in [3.8, 4) is 5.75 Å². The van der Waals surface area contributed by atoms with Gasteiger partial charge in [-0.25, -0.2) is 4.79 Å². The van der Waals surface area contributed by atoms with Gasteiger partial charge < -0.3 is 15.4 Å². The number of carbonyl (C=O) groups is 3. The van der Waals surface area contributed by atoms with Crippen LogP contribution in [-0.4, -0.2) is 36.2 Å². The highest BCUT2D eigenvalue weighted by Gasteiger charge is 2.49.